The highest BCUT2D eigenvalue weighted by Gasteiger charge is 2.15. The topological polar surface area (TPSA) is 101 Å². The first-order valence-electron chi connectivity index (χ1n) is 8.01. The molecule has 0 saturated carbocycles. The molecule has 0 aliphatic heterocycles. The van der Waals surface area contributed by atoms with Crippen LogP contribution in [0.2, 0.25) is 0 Å². The smallest absolute Gasteiger partial charge is 0.306 e. The molecule has 0 heterocycles. The van der Waals surface area contributed by atoms with Gasteiger partial charge in [-0.3, -0.25) is 9.59 Å². The van der Waals surface area contributed by atoms with E-state index in [1.54, 1.807) is 44.2 Å². The number of carbonyl (C=O) groups is 2. The molecule has 0 aromatic heterocycles. The van der Waals surface area contributed by atoms with Crippen LogP contribution in [0.4, 0.5) is 5.69 Å². The highest BCUT2D eigenvalue weighted by molar-refractivity contribution is 7.90. The first kappa shape index (κ1) is 19.7. The maximum atomic E-state index is 12.5. The number of aryl methyl sites for hydroxylation is 1. The summed E-state index contributed by atoms with van der Waals surface area (Å²) in [6.45, 7) is 3.37. The Morgan fingerprint density at radius 2 is 1.73 bits per heavy atom. The van der Waals surface area contributed by atoms with Gasteiger partial charge < -0.3 is 10.4 Å². The molecule has 1 amide bonds. The van der Waals surface area contributed by atoms with Gasteiger partial charge in [-0.25, -0.2) is 8.42 Å². The lowest BCUT2D eigenvalue weighted by Gasteiger charge is -2.11. The Morgan fingerprint density at radius 3 is 2.27 bits per heavy atom. The summed E-state index contributed by atoms with van der Waals surface area (Å²) in [5.74, 6) is -1.75. The van der Waals surface area contributed by atoms with E-state index in [-0.39, 0.29) is 10.5 Å². The molecular formula is C19H21NO5S. The average Bonchev–Trinajstić information content (AvgIpc) is 2.55. The molecule has 6 nitrogen and oxygen atoms in total. The molecule has 0 spiro atoms. The van der Waals surface area contributed by atoms with E-state index in [4.69, 9.17) is 5.11 Å². The number of benzene rings is 2. The summed E-state index contributed by atoms with van der Waals surface area (Å²) < 4.78 is 23.4. The van der Waals surface area contributed by atoms with Gasteiger partial charge in [-0.05, 0) is 48.7 Å². The van der Waals surface area contributed by atoms with E-state index < -0.39 is 27.6 Å². The molecule has 1 unspecified atom stereocenters. The van der Waals surface area contributed by atoms with Crippen LogP contribution in [0.15, 0.2) is 47.4 Å². The van der Waals surface area contributed by atoms with Gasteiger partial charge in [0, 0.05) is 17.5 Å². The number of aliphatic carboxylic acids is 1. The third-order valence-electron chi connectivity index (χ3n) is 4.06. The molecule has 2 aromatic carbocycles. The molecule has 0 aliphatic carbocycles. The van der Waals surface area contributed by atoms with E-state index >= 15 is 0 Å². The van der Waals surface area contributed by atoms with Crippen molar-refractivity contribution in [2.45, 2.75) is 25.2 Å². The number of hydrogen-bond acceptors (Lipinski definition) is 4. The second-order valence-corrected chi connectivity index (χ2v) is 8.36. The number of sulfone groups is 1. The number of anilines is 1. The van der Waals surface area contributed by atoms with Crippen molar-refractivity contribution in [1.29, 1.82) is 0 Å². The molecule has 2 rings (SSSR count). The van der Waals surface area contributed by atoms with Crippen LogP contribution in [-0.2, 0) is 21.1 Å². The van der Waals surface area contributed by atoms with Crippen LogP contribution in [0.25, 0.3) is 0 Å². The fourth-order valence-corrected chi connectivity index (χ4v) is 3.09. The summed E-state index contributed by atoms with van der Waals surface area (Å²) in [4.78, 5) is 23.5. The standard InChI is InChI=1S/C19H21NO5S/c1-12-4-9-16(26(3,24)25)11-17(12)18(21)20-15-7-5-14(6-8-15)10-13(2)19(22)23/h4-9,11,13H,10H2,1-3H3,(H,20,21)(H,22,23). The van der Waals surface area contributed by atoms with Gasteiger partial charge in [0.05, 0.1) is 10.8 Å². The molecule has 138 valence electrons. The second kappa shape index (κ2) is 7.70. The largest absolute Gasteiger partial charge is 0.481 e. The lowest BCUT2D eigenvalue weighted by molar-refractivity contribution is -0.141. The van der Waals surface area contributed by atoms with Crippen molar-refractivity contribution in [1.82, 2.24) is 0 Å². The van der Waals surface area contributed by atoms with Crippen molar-refractivity contribution in [3.8, 4) is 0 Å². The molecule has 0 radical (unpaired) electrons. The van der Waals surface area contributed by atoms with E-state index in [9.17, 15) is 18.0 Å². The highest BCUT2D eigenvalue weighted by Crippen LogP contribution is 2.18. The SMILES string of the molecule is Cc1ccc(S(C)(=O)=O)cc1C(=O)Nc1ccc(CC(C)C(=O)O)cc1. The van der Waals surface area contributed by atoms with E-state index in [1.165, 1.54) is 12.1 Å². The van der Waals surface area contributed by atoms with E-state index in [1.807, 2.05) is 0 Å². The normalized spacial score (nSPS) is 12.4. The molecule has 0 aliphatic rings. The first-order valence-corrected chi connectivity index (χ1v) is 9.91. The van der Waals surface area contributed by atoms with E-state index in [2.05, 4.69) is 5.32 Å². The third kappa shape index (κ3) is 4.92. The van der Waals surface area contributed by atoms with Crippen LogP contribution < -0.4 is 5.32 Å². The van der Waals surface area contributed by atoms with Gasteiger partial charge in [-0.1, -0.05) is 25.1 Å². The van der Waals surface area contributed by atoms with E-state index in [0.717, 1.165) is 11.8 Å². The summed E-state index contributed by atoms with van der Waals surface area (Å²) in [7, 11) is -3.40. The predicted octanol–water partition coefficient (Wildman–Crippen LogP) is 2.91. The van der Waals surface area contributed by atoms with Crippen molar-refractivity contribution >= 4 is 27.4 Å². The number of carbonyl (C=O) groups excluding carboxylic acids is 1. The molecule has 0 fully saturated rings. The second-order valence-electron chi connectivity index (χ2n) is 6.34. The monoisotopic (exact) mass is 375 g/mol. The summed E-state index contributed by atoms with van der Waals surface area (Å²) in [6.07, 6.45) is 1.50. The third-order valence-corrected chi connectivity index (χ3v) is 5.17. The molecular weight excluding hydrogens is 354 g/mol. The lowest BCUT2D eigenvalue weighted by atomic mass is 10.0. The van der Waals surface area contributed by atoms with Crippen molar-refractivity contribution in [3.05, 3.63) is 59.2 Å². The van der Waals surface area contributed by atoms with Crippen molar-refractivity contribution in [2.24, 2.45) is 5.92 Å². The molecule has 1 atom stereocenters. The van der Waals surface area contributed by atoms with Crippen molar-refractivity contribution in [2.75, 3.05) is 11.6 Å². The molecule has 2 aromatic rings. The fraction of sp³-hybridized carbons (Fsp3) is 0.263. The maximum absolute atomic E-state index is 12.5. The molecule has 7 heteroatoms. The van der Waals surface area contributed by atoms with Crippen LogP contribution in [0, 0.1) is 12.8 Å². The van der Waals surface area contributed by atoms with Gasteiger partial charge in [-0.2, -0.15) is 0 Å². The van der Waals surface area contributed by atoms with Crippen LogP contribution >= 0.6 is 0 Å². The Balaban J connectivity index is 2.16. The Hall–Kier alpha value is -2.67. The van der Waals surface area contributed by atoms with Crippen LogP contribution in [-0.4, -0.2) is 31.7 Å². The van der Waals surface area contributed by atoms with Gasteiger partial charge in [-0.15, -0.1) is 0 Å². The van der Waals surface area contributed by atoms with Gasteiger partial charge in [0.15, 0.2) is 9.84 Å². The molecule has 26 heavy (non-hydrogen) atoms. The maximum Gasteiger partial charge on any atom is 0.306 e. The Morgan fingerprint density at radius 1 is 1.12 bits per heavy atom. The van der Waals surface area contributed by atoms with Crippen molar-refractivity contribution < 1.29 is 23.1 Å². The predicted molar refractivity (Wildman–Crippen MR) is 99.2 cm³/mol. The van der Waals surface area contributed by atoms with Crippen molar-refractivity contribution in [3.63, 3.8) is 0 Å². The summed E-state index contributed by atoms with van der Waals surface area (Å²) in [5, 5.41) is 11.7. The highest BCUT2D eigenvalue weighted by atomic mass is 32.2. The number of carboxylic acid groups (broad SMARTS) is 1. The zero-order valence-corrected chi connectivity index (χ0v) is 15.6. The van der Waals surface area contributed by atoms with Crippen LogP contribution in [0.1, 0.15) is 28.4 Å². The summed E-state index contributed by atoms with van der Waals surface area (Å²) in [5.41, 5.74) is 2.36. The van der Waals surface area contributed by atoms with Crippen LogP contribution in [0.3, 0.4) is 0 Å². The molecule has 0 bridgehead atoms. The Labute approximate surface area is 152 Å². The Kier molecular flexibility index (Phi) is 5.82. The van der Waals surface area contributed by atoms with Crippen LogP contribution in [0.5, 0.6) is 0 Å². The molecule has 0 saturated heterocycles. The quantitative estimate of drug-likeness (QED) is 0.808. The van der Waals surface area contributed by atoms with Gasteiger partial charge in [0.2, 0.25) is 0 Å². The zero-order valence-electron chi connectivity index (χ0n) is 14.8. The summed E-state index contributed by atoms with van der Waals surface area (Å²) >= 11 is 0. The summed E-state index contributed by atoms with van der Waals surface area (Å²) in [6, 6.07) is 11.3. The number of amides is 1. The minimum atomic E-state index is -3.40. The first-order chi connectivity index (χ1) is 12.1. The van der Waals surface area contributed by atoms with Gasteiger partial charge in [0.1, 0.15) is 0 Å². The number of hydrogen-bond donors (Lipinski definition) is 2. The van der Waals surface area contributed by atoms with Gasteiger partial charge in [0.25, 0.3) is 5.91 Å². The number of rotatable bonds is 6. The minimum Gasteiger partial charge on any atom is -0.481 e. The molecule has 2 N–H and O–H groups in total. The fourth-order valence-electron chi connectivity index (χ4n) is 2.44. The van der Waals surface area contributed by atoms with Gasteiger partial charge >= 0.3 is 5.97 Å². The zero-order chi connectivity index (χ0) is 19.5. The minimum absolute atomic E-state index is 0.0891. The average molecular weight is 375 g/mol. The number of carboxylic acids is 1. The Bertz CT molecular complexity index is 933. The lowest BCUT2D eigenvalue weighted by Crippen LogP contribution is -2.15. The van der Waals surface area contributed by atoms with E-state index in [0.29, 0.717) is 17.7 Å². The number of nitrogens with one attached hydrogen (secondary N) is 1.